The van der Waals surface area contributed by atoms with Gasteiger partial charge in [0.2, 0.25) is 11.8 Å². The van der Waals surface area contributed by atoms with E-state index in [1.54, 1.807) is 100 Å². The lowest BCUT2D eigenvalue weighted by atomic mass is 9.91. The minimum Gasteiger partial charge on any atom is -0.362 e. The van der Waals surface area contributed by atoms with Crippen LogP contribution in [0.4, 0.5) is 20.2 Å². The van der Waals surface area contributed by atoms with Crippen molar-refractivity contribution in [2.45, 2.75) is 129 Å². The summed E-state index contributed by atoms with van der Waals surface area (Å²) in [5.41, 5.74) is 3.39. The quantitative estimate of drug-likeness (QED) is 0.0421. The van der Waals surface area contributed by atoms with Gasteiger partial charge in [0.15, 0.2) is 0 Å². The minimum absolute atomic E-state index is 0.00559. The molecule has 0 saturated carbocycles. The Bertz CT molecular complexity index is 3410. The molecule has 0 saturated heterocycles. The lowest BCUT2D eigenvalue weighted by molar-refractivity contribution is -0.129. The fourth-order valence-corrected chi connectivity index (χ4v) is 9.97. The monoisotopic (exact) mass is 1150 g/mol. The SMILES string of the molecule is CN[C@@H](C)C(=O)N[C@H](C(=O)N1CC(C)(C)c2[nH]c(=O)c(Cc3ccc(F)cc3)cc21)[C@H](C)n1cc(COCC#CC#CCOCc2cn([C@@H](C)[C@H](NC(=O)[C@H](C)NC)C(=O)N3CC(C)(C)c4[nH]c(=O)c(Cc5ccc(F)cc5)cc43)nn2)nn1. The van der Waals surface area contributed by atoms with Gasteiger partial charge in [0, 0.05) is 59.3 Å². The molecule has 6 atom stereocenters. The Balaban J connectivity index is 0.853. The molecule has 24 heteroatoms. The number of pyridine rings is 2. The van der Waals surface area contributed by atoms with E-state index in [0.29, 0.717) is 45.3 Å². The summed E-state index contributed by atoms with van der Waals surface area (Å²) in [5.74, 6) is 8.63. The van der Waals surface area contributed by atoms with E-state index in [2.05, 4.69) is 75.5 Å². The first kappa shape index (κ1) is 61.4. The summed E-state index contributed by atoms with van der Waals surface area (Å²) in [5, 5.41) is 28.7. The normalized spacial score (nSPS) is 16.0. The number of nitrogens with zero attached hydrogens (tertiary/aromatic N) is 8. The molecule has 0 radical (unpaired) electrons. The van der Waals surface area contributed by atoms with Crippen molar-refractivity contribution >= 4 is 35.0 Å². The molecule has 84 heavy (non-hydrogen) atoms. The predicted molar refractivity (Wildman–Crippen MR) is 309 cm³/mol. The van der Waals surface area contributed by atoms with E-state index in [4.69, 9.17) is 9.47 Å². The summed E-state index contributed by atoms with van der Waals surface area (Å²) < 4.78 is 41.8. The number of ether oxygens (including phenoxy) is 2. The number of aromatic nitrogens is 8. The molecule has 8 rings (SSSR count). The maximum absolute atomic E-state index is 14.7. The third kappa shape index (κ3) is 14.2. The van der Waals surface area contributed by atoms with Gasteiger partial charge in [-0.3, -0.25) is 28.8 Å². The van der Waals surface area contributed by atoms with Gasteiger partial charge >= 0.3 is 0 Å². The number of carbonyl (C=O) groups excluding carboxylic acids is 4. The third-order valence-corrected chi connectivity index (χ3v) is 15.2. The molecule has 442 valence electrons. The second-order valence-electron chi connectivity index (χ2n) is 22.4. The molecule has 4 amide bonds. The van der Waals surface area contributed by atoms with Crippen molar-refractivity contribution in [2.24, 2.45) is 0 Å². The van der Waals surface area contributed by atoms with Crippen LogP contribution in [0.2, 0.25) is 0 Å². The smallest absolute Gasteiger partial charge is 0.251 e. The van der Waals surface area contributed by atoms with Crippen LogP contribution in [0.25, 0.3) is 0 Å². The number of benzene rings is 2. The lowest BCUT2D eigenvalue weighted by Crippen LogP contribution is -2.55. The Morgan fingerprint density at radius 2 is 0.988 bits per heavy atom. The Morgan fingerprint density at radius 1 is 0.619 bits per heavy atom. The lowest BCUT2D eigenvalue weighted by Gasteiger charge is -2.30. The standard InChI is InChI=1S/C60H70F2N14O8/c1-35(63-9)53(77)65-49(57(81)73-33-59(5,6)51-47(73)27-41(55(79)67-51)25-39-15-19-43(61)20-16-39)37(3)75-29-45(69-71-75)31-83-23-13-11-12-14-24-84-32-46-30-76(72-70-46)38(4)50(66-54(78)36(2)64-10)58(82)74-34-60(7,8)52-48(74)28-42(56(80)68-52)26-40-17-21-44(62)22-18-40/h15-22,27-30,35-38,49-50,63-64H,23-26,31-34H2,1-10H3,(H,65,77)(H,66,78)(H,67,79)(H,68,80)/t35-,36-,37-,38-,49-,50-/m0/s1. The van der Waals surface area contributed by atoms with Gasteiger partial charge < -0.3 is 50.5 Å². The highest BCUT2D eigenvalue weighted by atomic mass is 19.1. The zero-order valence-corrected chi connectivity index (χ0v) is 48.6. The van der Waals surface area contributed by atoms with Gasteiger partial charge in [-0.15, -0.1) is 10.2 Å². The van der Waals surface area contributed by atoms with Crippen molar-refractivity contribution in [3.63, 3.8) is 0 Å². The molecular formula is C60H70F2N14O8. The predicted octanol–water partition coefficient (Wildman–Crippen LogP) is 3.40. The van der Waals surface area contributed by atoms with Crippen molar-refractivity contribution in [2.75, 3.05) is 50.2 Å². The second kappa shape index (κ2) is 26.3. The van der Waals surface area contributed by atoms with Crippen LogP contribution in [0.15, 0.2) is 82.6 Å². The first-order valence-electron chi connectivity index (χ1n) is 27.5. The topological polar surface area (TPSA) is 268 Å². The van der Waals surface area contributed by atoms with Gasteiger partial charge in [-0.25, -0.2) is 18.1 Å². The number of aromatic amines is 2. The maximum atomic E-state index is 14.7. The molecule has 0 unspecified atom stereocenters. The van der Waals surface area contributed by atoms with Crippen LogP contribution in [-0.4, -0.2) is 128 Å². The molecule has 6 heterocycles. The highest BCUT2D eigenvalue weighted by molar-refractivity contribution is 6.03. The van der Waals surface area contributed by atoms with Crippen molar-refractivity contribution in [3.05, 3.63) is 150 Å². The van der Waals surface area contributed by atoms with Crippen molar-refractivity contribution in [3.8, 4) is 23.7 Å². The zero-order valence-electron chi connectivity index (χ0n) is 48.6. The zero-order chi connectivity index (χ0) is 60.6. The highest BCUT2D eigenvalue weighted by Crippen LogP contribution is 2.41. The summed E-state index contributed by atoms with van der Waals surface area (Å²) in [6.07, 6.45) is 3.66. The number of likely N-dealkylation sites (N-methyl/N-ethyl adjacent to an activating group) is 2. The van der Waals surface area contributed by atoms with Crippen LogP contribution in [0.1, 0.15) is 113 Å². The molecule has 0 fully saturated rings. The first-order chi connectivity index (χ1) is 40.0. The van der Waals surface area contributed by atoms with E-state index in [1.807, 2.05) is 27.7 Å². The summed E-state index contributed by atoms with van der Waals surface area (Å²) >= 11 is 0. The molecule has 6 aromatic rings. The van der Waals surface area contributed by atoms with Crippen molar-refractivity contribution < 1.29 is 37.4 Å². The van der Waals surface area contributed by atoms with Gasteiger partial charge in [-0.1, -0.05) is 74.2 Å². The first-order valence-corrected chi connectivity index (χ1v) is 27.5. The number of amides is 4. The van der Waals surface area contributed by atoms with Gasteiger partial charge in [-0.05, 0) is 101 Å². The summed E-state index contributed by atoms with van der Waals surface area (Å²) in [7, 11) is 3.27. The molecular weight excluding hydrogens is 1080 g/mol. The summed E-state index contributed by atoms with van der Waals surface area (Å²) in [6, 6.07) is 10.1. The molecule has 4 aromatic heterocycles. The number of hydrogen-bond acceptors (Lipinski definition) is 14. The number of hydrogen-bond donors (Lipinski definition) is 6. The van der Waals surface area contributed by atoms with Crippen LogP contribution in [0.3, 0.4) is 0 Å². The van der Waals surface area contributed by atoms with Gasteiger partial charge in [0.05, 0.1) is 61.1 Å². The van der Waals surface area contributed by atoms with Crippen LogP contribution >= 0.6 is 0 Å². The van der Waals surface area contributed by atoms with E-state index >= 15 is 0 Å². The Hall–Kier alpha value is -8.68. The Morgan fingerprint density at radius 3 is 1.35 bits per heavy atom. The number of carbonyl (C=O) groups is 4. The average Bonchev–Trinajstić information content (AvgIpc) is 1.85. The number of rotatable bonds is 22. The summed E-state index contributed by atoms with van der Waals surface area (Å²) in [6.45, 7) is 15.0. The van der Waals surface area contributed by atoms with E-state index in [9.17, 15) is 37.5 Å². The van der Waals surface area contributed by atoms with Crippen molar-refractivity contribution in [1.29, 1.82) is 0 Å². The molecule has 2 aliphatic heterocycles. The highest BCUT2D eigenvalue weighted by Gasteiger charge is 2.45. The molecule has 22 nitrogen and oxygen atoms in total. The Labute approximate surface area is 484 Å². The van der Waals surface area contributed by atoms with Gasteiger partial charge in [0.1, 0.15) is 48.3 Å². The Kier molecular flexibility index (Phi) is 19.2. The molecule has 0 spiro atoms. The number of fused-ring (bicyclic) bond motifs is 2. The average molecular weight is 1150 g/mol. The fraction of sp³-hybridized carbons (Fsp3) is 0.433. The number of anilines is 2. The van der Waals surface area contributed by atoms with Gasteiger partial charge in [0.25, 0.3) is 22.9 Å². The van der Waals surface area contributed by atoms with Crippen LogP contribution in [-0.2, 0) is 65.5 Å². The molecule has 2 aliphatic rings. The van der Waals surface area contributed by atoms with E-state index in [-0.39, 0.29) is 63.5 Å². The number of nitrogens with one attached hydrogen (secondary N) is 6. The van der Waals surface area contributed by atoms with E-state index in [1.165, 1.54) is 33.6 Å². The van der Waals surface area contributed by atoms with Crippen LogP contribution in [0, 0.1) is 35.3 Å². The van der Waals surface area contributed by atoms with E-state index in [0.717, 1.165) is 11.1 Å². The number of H-pyrrole nitrogens is 2. The maximum Gasteiger partial charge on any atom is 0.251 e. The van der Waals surface area contributed by atoms with Crippen molar-refractivity contribution in [1.82, 2.24) is 61.2 Å². The third-order valence-electron chi connectivity index (χ3n) is 15.2. The molecule has 2 aromatic carbocycles. The molecule has 0 bridgehead atoms. The number of halogens is 2. The summed E-state index contributed by atoms with van der Waals surface area (Å²) in [4.78, 5) is 91.9. The van der Waals surface area contributed by atoms with Crippen LogP contribution < -0.4 is 42.2 Å². The molecule has 0 aliphatic carbocycles. The van der Waals surface area contributed by atoms with Crippen LogP contribution in [0.5, 0.6) is 0 Å². The molecule has 6 N–H and O–H groups in total. The minimum atomic E-state index is -1.12. The second-order valence-corrected chi connectivity index (χ2v) is 22.4. The fourth-order valence-electron chi connectivity index (χ4n) is 9.97. The largest absolute Gasteiger partial charge is 0.362 e. The van der Waals surface area contributed by atoms with E-state index < -0.39 is 82.3 Å². The van der Waals surface area contributed by atoms with Gasteiger partial charge in [-0.2, -0.15) is 0 Å².